The van der Waals surface area contributed by atoms with E-state index in [9.17, 15) is 14.0 Å². The number of anilines is 1. The molecule has 0 bridgehead atoms. The number of rotatable bonds is 4. The molecule has 120 valence electrons. The lowest BCUT2D eigenvalue weighted by molar-refractivity contribution is -0.134. The molecule has 1 heterocycles. The summed E-state index contributed by atoms with van der Waals surface area (Å²) in [5.74, 6) is -0.614. The molecule has 4 nitrogen and oxygen atoms in total. The first-order valence-electron chi connectivity index (χ1n) is 7.86. The third-order valence-electron chi connectivity index (χ3n) is 4.23. The largest absolute Gasteiger partial charge is 0.338 e. The van der Waals surface area contributed by atoms with Crippen molar-refractivity contribution in [3.05, 3.63) is 30.1 Å². The molecule has 1 aliphatic heterocycles. The van der Waals surface area contributed by atoms with Crippen LogP contribution >= 0.6 is 0 Å². The molecule has 1 saturated heterocycles. The number of hydrogen-bond donors (Lipinski definition) is 0. The predicted molar refractivity (Wildman–Crippen MR) is 84.1 cm³/mol. The van der Waals surface area contributed by atoms with Gasteiger partial charge in [0, 0.05) is 25.2 Å². The number of carbonyl (C=O) groups is 2. The first kappa shape index (κ1) is 16.5. The van der Waals surface area contributed by atoms with Gasteiger partial charge in [-0.1, -0.05) is 6.92 Å². The summed E-state index contributed by atoms with van der Waals surface area (Å²) in [6.07, 6.45) is 4.12. The van der Waals surface area contributed by atoms with Crippen LogP contribution in [-0.4, -0.2) is 35.8 Å². The van der Waals surface area contributed by atoms with E-state index < -0.39 is 0 Å². The van der Waals surface area contributed by atoms with E-state index in [0.29, 0.717) is 5.69 Å². The molecule has 2 amide bonds. The minimum atomic E-state index is -0.361. The number of piperidine rings is 1. The van der Waals surface area contributed by atoms with Crippen molar-refractivity contribution in [2.24, 2.45) is 0 Å². The van der Waals surface area contributed by atoms with Crippen molar-refractivity contribution in [3.8, 4) is 0 Å². The van der Waals surface area contributed by atoms with Crippen molar-refractivity contribution >= 4 is 17.5 Å². The van der Waals surface area contributed by atoms with Crippen LogP contribution in [0.5, 0.6) is 0 Å². The Morgan fingerprint density at radius 2 is 1.95 bits per heavy atom. The molecule has 1 fully saturated rings. The summed E-state index contributed by atoms with van der Waals surface area (Å²) >= 11 is 0. The van der Waals surface area contributed by atoms with E-state index in [1.54, 1.807) is 0 Å². The van der Waals surface area contributed by atoms with Crippen LogP contribution in [0.4, 0.5) is 10.1 Å². The monoisotopic (exact) mass is 306 g/mol. The quantitative estimate of drug-likeness (QED) is 0.858. The van der Waals surface area contributed by atoms with Crippen LogP contribution in [-0.2, 0) is 9.59 Å². The molecule has 1 aliphatic rings. The smallest absolute Gasteiger partial charge is 0.242 e. The highest BCUT2D eigenvalue weighted by Crippen LogP contribution is 2.21. The Morgan fingerprint density at radius 3 is 2.55 bits per heavy atom. The van der Waals surface area contributed by atoms with E-state index in [1.807, 2.05) is 4.90 Å². The van der Waals surface area contributed by atoms with Crippen LogP contribution in [0.1, 0.15) is 39.5 Å². The summed E-state index contributed by atoms with van der Waals surface area (Å²) in [4.78, 5) is 27.7. The third-order valence-corrected chi connectivity index (χ3v) is 4.23. The number of halogens is 1. The van der Waals surface area contributed by atoms with Gasteiger partial charge in [-0.25, -0.2) is 4.39 Å². The van der Waals surface area contributed by atoms with Crippen molar-refractivity contribution in [2.75, 3.05) is 18.0 Å². The van der Waals surface area contributed by atoms with Gasteiger partial charge < -0.3 is 9.80 Å². The minimum absolute atomic E-state index is 0.0114. The van der Waals surface area contributed by atoms with Gasteiger partial charge in [0.15, 0.2) is 0 Å². The zero-order valence-electron chi connectivity index (χ0n) is 13.2. The van der Waals surface area contributed by atoms with Gasteiger partial charge in [-0.3, -0.25) is 9.59 Å². The van der Waals surface area contributed by atoms with Gasteiger partial charge in [-0.15, -0.1) is 0 Å². The molecule has 1 atom stereocenters. The zero-order valence-corrected chi connectivity index (χ0v) is 13.2. The molecule has 0 radical (unpaired) electrons. The molecule has 1 aromatic rings. The second-order valence-electron chi connectivity index (χ2n) is 5.73. The Bertz CT molecular complexity index is 530. The fraction of sp³-hybridized carbons (Fsp3) is 0.529. The van der Waals surface area contributed by atoms with Gasteiger partial charge >= 0.3 is 0 Å². The van der Waals surface area contributed by atoms with E-state index in [4.69, 9.17) is 0 Å². The number of likely N-dealkylation sites (tertiary alicyclic amines) is 1. The second kappa shape index (κ2) is 7.38. The molecule has 0 spiro atoms. The SMILES string of the molecule is CCC1CCCCN1C(=O)CN(C(C)=O)c1ccc(F)cc1. The van der Waals surface area contributed by atoms with Crippen LogP contribution in [0.2, 0.25) is 0 Å². The third kappa shape index (κ3) is 3.84. The molecule has 0 N–H and O–H groups in total. The summed E-state index contributed by atoms with van der Waals surface area (Å²) in [5.41, 5.74) is 0.548. The van der Waals surface area contributed by atoms with Crippen molar-refractivity contribution in [2.45, 2.75) is 45.6 Å². The molecule has 2 rings (SSSR count). The molecular formula is C17H23FN2O2. The second-order valence-corrected chi connectivity index (χ2v) is 5.73. The van der Waals surface area contributed by atoms with Crippen molar-refractivity contribution in [1.82, 2.24) is 4.90 Å². The molecule has 0 saturated carbocycles. The fourth-order valence-electron chi connectivity index (χ4n) is 2.98. The zero-order chi connectivity index (χ0) is 16.1. The van der Waals surface area contributed by atoms with E-state index >= 15 is 0 Å². The van der Waals surface area contributed by atoms with Gasteiger partial charge in [-0.05, 0) is 49.9 Å². The minimum Gasteiger partial charge on any atom is -0.338 e. The maximum atomic E-state index is 13.0. The molecule has 0 aromatic heterocycles. The van der Waals surface area contributed by atoms with Crippen molar-refractivity contribution in [3.63, 3.8) is 0 Å². The molecule has 1 unspecified atom stereocenters. The van der Waals surface area contributed by atoms with E-state index in [1.165, 1.54) is 36.1 Å². The Kier molecular flexibility index (Phi) is 5.52. The molecule has 1 aromatic carbocycles. The Balaban J connectivity index is 2.11. The highest BCUT2D eigenvalue weighted by molar-refractivity contribution is 5.97. The molecule has 22 heavy (non-hydrogen) atoms. The summed E-state index contributed by atoms with van der Waals surface area (Å²) < 4.78 is 13.0. The fourth-order valence-corrected chi connectivity index (χ4v) is 2.98. The van der Waals surface area contributed by atoms with Gasteiger partial charge in [0.1, 0.15) is 12.4 Å². The van der Waals surface area contributed by atoms with E-state index in [0.717, 1.165) is 32.2 Å². The standard InChI is InChI=1S/C17H23FN2O2/c1-3-15-6-4-5-11-19(15)17(22)12-20(13(2)21)16-9-7-14(18)8-10-16/h7-10,15H,3-6,11-12H2,1-2H3. The lowest BCUT2D eigenvalue weighted by Crippen LogP contribution is -2.48. The van der Waals surface area contributed by atoms with Gasteiger partial charge in [0.25, 0.3) is 0 Å². The van der Waals surface area contributed by atoms with Crippen molar-refractivity contribution in [1.29, 1.82) is 0 Å². The van der Waals surface area contributed by atoms with Gasteiger partial charge in [0.2, 0.25) is 11.8 Å². The lowest BCUT2D eigenvalue weighted by atomic mass is 10.00. The summed E-state index contributed by atoms with van der Waals surface area (Å²) in [6.45, 7) is 4.27. The van der Waals surface area contributed by atoms with Gasteiger partial charge in [-0.2, -0.15) is 0 Å². The normalized spacial score (nSPS) is 18.1. The molecular weight excluding hydrogens is 283 g/mol. The lowest BCUT2D eigenvalue weighted by Gasteiger charge is -2.36. The maximum Gasteiger partial charge on any atom is 0.242 e. The number of carbonyl (C=O) groups excluding carboxylic acids is 2. The summed E-state index contributed by atoms with van der Waals surface area (Å²) in [6, 6.07) is 5.91. The first-order chi connectivity index (χ1) is 10.5. The van der Waals surface area contributed by atoms with Crippen LogP contribution < -0.4 is 4.90 Å². The predicted octanol–water partition coefficient (Wildman–Crippen LogP) is 2.97. The molecule has 5 heteroatoms. The number of nitrogens with zero attached hydrogens (tertiary/aromatic N) is 2. The van der Waals surface area contributed by atoms with Crippen molar-refractivity contribution < 1.29 is 14.0 Å². The van der Waals surface area contributed by atoms with E-state index in [2.05, 4.69) is 6.92 Å². The Hall–Kier alpha value is -1.91. The van der Waals surface area contributed by atoms with Gasteiger partial charge in [0.05, 0.1) is 0 Å². The first-order valence-corrected chi connectivity index (χ1v) is 7.86. The summed E-state index contributed by atoms with van der Waals surface area (Å²) in [7, 11) is 0. The number of hydrogen-bond acceptors (Lipinski definition) is 2. The Labute approximate surface area is 130 Å². The van der Waals surface area contributed by atoms with E-state index in [-0.39, 0.29) is 30.2 Å². The number of benzene rings is 1. The molecule has 0 aliphatic carbocycles. The topological polar surface area (TPSA) is 40.6 Å². The average molecular weight is 306 g/mol. The highest BCUT2D eigenvalue weighted by Gasteiger charge is 2.27. The maximum absolute atomic E-state index is 13.0. The van der Waals surface area contributed by atoms with Crippen LogP contribution in [0.15, 0.2) is 24.3 Å². The number of amides is 2. The highest BCUT2D eigenvalue weighted by atomic mass is 19.1. The summed E-state index contributed by atoms with van der Waals surface area (Å²) in [5, 5.41) is 0. The van der Waals surface area contributed by atoms with Crippen LogP contribution in [0.25, 0.3) is 0 Å². The van der Waals surface area contributed by atoms with Crippen LogP contribution in [0, 0.1) is 5.82 Å². The average Bonchev–Trinajstić information content (AvgIpc) is 2.53. The Morgan fingerprint density at radius 1 is 1.27 bits per heavy atom. The van der Waals surface area contributed by atoms with Crippen LogP contribution in [0.3, 0.4) is 0 Å².